The number of carbonyl (C=O) groups excluding carboxylic acids is 2. The second-order valence-corrected chi connectivity index (χ2v) is 7.89. The maximum atomic E-state index is 12.6. The van der Waals surface area contributed by atoms with E-state index >= 15 is 0 Å². The highest BCUT2D eigenvalue weighted by Crippen LogP contribution is 2.30. The topological polar surface area (TPSA) is 52.6 Å². The van der Waals surface area contributed by atoms with Crippen molar-refractivity contribution in [3.63, 3.8) is 0 Å². The molecule has 0 rings (SSSR count). The molecule has 0 aliphatic carbocycles. The SMILES string of the molecule is CCCCCCCCCCOC(=O)C(CC)(CC)C(=O)OCC(C)CCC. The minimum absolute atomic E-state index is 0.318. The van der Waals surface area contributed by atoms with E-state index in [2.05, 4.69) is 20.8 Å². The zero-order chi connectivity index (χ0) is 20.5. The Morgan fingerprint density at radius 1 is 0.741 bits per heavy atom. The van der Waals surface area contributed by atoms with Gasteiger partial charge in [0.15, 0.2) is 5.41 Å². The summed E-state index contributed by atoms with van der Waals surface area (Å²) in [7, 11) is 0. The summed E-state index contributed by atoms with van der Waals surface area (Å²) in [4.78, 5) is 25.2. The summed E-state index contributed by atoms with van der Waals surface area (Å²) in [6.07, 6.45) is 12.5. The van der Waals surface area contributed by atoms with Gasteiger partial charge in [0.25, 0.3) is 0 Å². The van der Waals surface area contributed by atoms with E-state index in [9.17, 15) is 9.59 Å². The quantitative estimate of drug-likeness (QED) is 0.164. The highest BCUT2D eigenvalue weighted by molar-refractivity contribution is 5.99. The molecule has 0 saturated carbocycles. The molecule has 1 atom stereocenters. The van der Waals surface area contributed by atoms with E-state index in [1.54, 1.807) is 0 Å². The molecule has 0 radical (unpaired) electrons. The second-order valence-electron chi connectivity index (χ2n) is 7.89. The molecule has 0 saturated heterocycles. The van der Waals surface area contributed by atoms with Gasteiger partial charge in [0.1, 0.15) is 0 Å². The van der Waals surface area contributed by atoms with Gasteiger partial charge in [-0.1, -0.05) is 86.0 Å². The van der Waals surface area contributed by atoms with Crippen LogP contribution in [0.5, 0.6) is 0 Å². The molecule has 0 fully saturated rings. The molecular weight excluding hydrogens is 340 g/mol. The van der Waals surface area contributed by atoms with Crippen molar-refractivity contribution in [3.8, 4) is 0 Å². The van der Waals surface area contributed by atoms with Crippen LogP contribution in [0.3, 0.4) is 0 Å². The largest absolute Gasteiger partial charge is 0.465 e. The van der Waals surface area contributed by atoms with Gasteiger partial charge < -0.3 is 9.47 Å². The van der Waals surface area contributed by atoms with E-state index in [0.29, 0.717) is 32.0 Å². The van der Waals surface area contributed by atoms with E-state index in [4.69, 9.17) is 9.47 Å². The van der Waals surface area contributed by atoms with Crippen LogP contribution in [0.15, 0.2) is 0 Å². The Bertz CT molecular complexity index is 388. The van der Waals surface area contributed by atoms with Crippen molar-refractivity contribution in [2.24, 2.45) is 11.3 Å². The third kappa shape index (κ3) is 10.2. The number of hydrogen-bond acceptors (Lipinski definition) is 4. The van der Waals surface area contributed by atoms with Crippen molar-refractivity contribution in [1.82, 2.24) is 0 Å². The number of ether oxygens (including phenoxy) is 2. The Morgan fingerprint density at radius 3 is 1.78 bits per heavy atom. The van der Waals surface area contributed by atoms with Gasteiger partial charge in [-0.3, -0.25) is 9.59 Å². The van der Waals surface area contributed by atoms with Crippen molar-refractivity contribution < 1.29 is 19.1 Å². The van der Waals surface area contributed by atoms with Gasteiger partial charge >= 0.3 is 11.9 Å². The average Bonchev–Trinajstić information content (AvgIpc) is 2.66. The molecule has 0 spiro atoms. The van der Waals surface area contributed by atoms with Gasteiger partial charge in [0.05, 0.1) is 13.2 Å². The lowest BCUT2D eigenvalue weighted by molar-refractivity contribution is -0.174. The molecule has 0 N–H and O–H groups in total. The van der Waals surface area contributed by atoms with E-state index < -0.39 is 17.4 Å². The zero-order valence-corrected chi connectivity index (χ0v) is 18.6. The van der Waals surface area contributed by atoms with Crippen LogP contribution in [-0.4, -0.2) is 25.2 Å². The van der Waals surface area contributed by atoms with Crippen molar-refractivity contribution in [2.75, 3.05) is 13.2 Å². The molecule has 27 heavy (non-hydrogen) atoms. The van der Waals surface area contributed by atoms with Crippen LogP contribution in [-0.2, 0) is 19.1 Å². The van der Waals surface area contributed by atoms with Crippen LogP contribution in [0.2, 0.25) is 0 Å². The monoisotopic (exact) mass is 384 g/mol. The number of esters is 2. The Kier molecular flexibility index (Phi) is 15.3. The summed E-state index contributed by atoms with van der Waals surface area (Å²) in [5.41, 5.74) is -1.15. The summed E-state index contributed by atoms with van der Waals surface area (Å²) < 4.78 is 10.9. The van der Waals surface area contributed by atoms with Gasteiger partial charge in [0.2, 0.25) is 0 Å². The van der Waals surface area contributed by atoms with Crippen LogP contribution in [0.25, 0.3) is 0 Å². The fourth-order valence-electron chi connectivity index (χ4n) is 3.38. The normalized spacial score (nSPS) is 12.6. The van der Waals surface area contributed by atoms with Gasteiger partial charge in [-0.15, -0.1) is 0 Å². The molecule has 0 amide bonds. The lowest BCUT2D eigenvalue weighted by Crippen LogP contribution is -2.41. The fraction of sp³-hybridized carbons (Fsp3) is 0.913. The molecule has 0 aliphatic heterocycles. The van der Waals surface area contributed by atoms with Crippen molar-refractivity contribution in [1.29, 1.82) is 0 Å². The van der Waals surface area contributed by atoms with Crippen LogP contribution >= 0.6 is 0 Å². The molecule has 4 heteroatoms. The molecule has 0 heterocycles. The smallest absolute Gasteiger partial charge is 0.323 e. The first-order valence-electron chi connectivity index (χ1n) is 11.3. The van der Waals surface area contributed by atoms with Gasteiger partial charge in [-0.25, -0.2) is 0 Å². The molecule has 0 bridgehead atoms. The zero-order valence-electron chi connectivity index (χ0n) is 18.6. The first kappa shape index (κ1) is 25.9. The lowest BCUT2D eigenvalue weighted by Gasteiger charge is -2.27. The molecule has 0 aliphatic rings. The predicted molar refractivity (Wildman–Crippen MR) is 112 cm³/mol. The number of carbonyl (C=O) groups is 2. The highest BCUT2D eigenvalue weighted by Gasteiger charge is 2.45. The summed E-state index contributed by atoms with van der Waals surface area (Å²) in [5.74, 6) is -0.515. The first-order valence-corrected chi connectivity index (χ1v) is 11.3. The molecular formula is C23H44O4. The average molecular weight is 385 g/mol. The van der Waals surface area contributed by atoms with Crippen LogP contribution in [0, 0.1) is 11.3 Å². The minimum atomic E-state index is -1.15. The minimum Gasteiger partial charge on any atom is -0.465 e. The third-order valence-corrected chi connectivity index (χ3v) is 5.50. The summed E-state index contributed by atoms with van der Waals surface area (Å²) in [5, 5.41) is 0. The van der Waals surface area contributed by atoms with Gasteiger partial charge in [-0.2, -0.15) is 0 Å². The summed E-state index contributed by atoms with van der Waals surface area (Å²) >= 11 is 0. The van der Waals surface area contributed by atoms with E-state index in [1.165, 1.54) is 38.5 Å². The van der Waals surface area contributed by atoms with Gasteiger partial charge in [0, 0.05) is 0 Å². The molecule has 160 valence electrons. The highest BCUT2D eigenvalue weighted by atomic mass is 16.6. The van der Waals surface area contributed by atoms with Crippen molar-refractivity contribution in [2.45, 2.75) is 112 Å². The Morgan fingerprint density at radius 2 is 1.26 bits per heavy atom. The van der Waals surface area contributed by atoms with E-state index in [1.807, 2.05) is 13.8 Å². The molecule has 0 aromatic rings. The van der Waals surface area contributed by atoms with Crippen LogP contribution < -0.4 is 0 Å². The standard InChI is InChI=1S/C23H44O4/c1-6-10-11-12-13-14-15-16-18-26-21(24)23(8-3,9-4)22(25)27-19-20(5)17-7-2/h20H,6-19H2,1-5H3. The van der Waals surface area contributed by atoms with Crippen molar-refractivity contribution >= 4 is 11.9 Å². The summed E-state index contributed by atoms with van der Waals surface area (Å²) in [6.45, 7) is 10.9. The third-order valence-electron chi connectivity index (χ3n) is 5.50. The van der Waals surface area contributed by atoms with E-state index in [-0.39, 0.29) is 0 Å². The Labute approximate surface area is 167 Å². The van der Waals surface area contributed by atoms with Crippen LogP contribution in [0.1, 0.15) is 112 Å². The Hall–Kier alpha value is -1.06. The Balaban J connectivity index is 4.26. The first-order chi connectivity index (χ1) is 13.0. The van der Waals surface area contributed by atoms with Crippen molar-refractivity contribution in [3.05, 3.63) is 0 Å². The molecule has 1 unspecified atom stereocenters. The molecule has 0 aromatic heterocycles. The number of rotatable bonds is 17. The van der Waals surface area contributed by atoms with E-state index in [0.717, 1.165) is 25.7 Å². The maximum absolute atomic E-state index is 12.6. The van der Waals surface area contributed by atoms with Gasteiger partial charge in [-0.05, 0) is 31.6 Å². The van der Waals surface area contributed by atoms with Crippen LogP contribution in [0.4, 0.5) is 0 Å². The number of hydrogen-bond donors (Lipinski definition) is 0. The number of unbranched alkanes of at least 4 members (excludes halogenated alkanes) is 7. The lowest BCUT2D eigenvalue weighted by atomic mass is 9.82. The second kappa shape index (κ2) is 15.9. The summed E-state index contributed by atoms with van der Waals surface area (Å²) in [6, 6.07) is 0. The molecule has 4 nitrogen and oxygen atoms in total. The predicted octanol–water partition coefficient (Wildman–Crippen LogP) is 6.46. The maximum Gasteiger partial charge on any atom is 0.323 e. The molecule has 0 aromatic carbocycles. The fourth-order valence-corrected chi connectivity index (χ4v) is 3.38.